The van der Waals surface area contributed by atoms with Gasteiger partial charge in [0.25, 0.3) is 0 Å². The Morgan fingerprint density at radius 2 is 1.82 bits per heavy atom. The van der Waals surface area contributed by atoms with Crippen molar-refractivity contribution in [2.45, 2.75) is 18.6 Å². The summed E-state index contributed by atoms with van der Waals surface area (Å²) in [5.41, 5.74) is 0. The van der Waals surface area contributed by atoms with E-state index in [1.54, 1.807) is 0 Å². The summed E-state index contributed by atoms with van der Waals surface area (Å²) in [6, 6.07) is 0. The third kappa shape index (κ3) is 1.87. The predicted molar refractivity (Wildman–Crippen MR) is 44.1 cm³/mol. The quantitative estimate of drug-likeness (QED) is 0.670. The second-order valence-electron chi connectivity index (χ2n) is 2.44. The fourth-order valence-electron chi connectivity index (χ4n) is 0.315. The Bertz CT molecular complexity index is 252. The molecule has 0 saturated heterocycles. The molecule has 0 radical (unpaired) electrons. The van der Waals surface area contributed by atoms with Gasteiger partial charge in [0.15, 0.2) is 4.75 Å². The summed E-state index contributed by atoms with van der Waals surface area (Å²) in [5, 5.41) is 8.52. The summed E-state index contributed by atoms with van der Waals surface area (Å²) < 4.78 is 20.4. The average Bonchev–Trinajstić information content (AvgIpc) is 1.87. The summed E-state index contributed by atoms with van der Waals surface area (Å²) in [7, 11) is -3.03. The average molecular weight is 198 g/mol. The summed E-state index contributed by atoms with van der Waals surface area (Å²) in [6.45, 7) is 2.34. The van der Waals surface area contributed by atoms with Gasteiger partial charge in [-0.25, -0.2) is 8.42 Å². The highest BCUT2D eigenvalue weighted by Gasteiger charge is 2.41. The number of hydrogen-bond acceptors (Lipinski definition) is 4. The molecule has 0 aromatic carbocycles. The van der Waals surface area contributed by atoms with Crippen molar-refractivity contribution in [3.63, 3.8) is 0 Å². The lowest BCUT2D eigenvalue weighted by molar-refractivity contribution is -0.139. The van der Waals surface area contributed by atoms with E-state index >= 15 is 0 Å². The van der Waals surface area contributed by atoms with E-state index in [-0.39, 0.29) is 0 Å². The van der Waals surface area contributed by atoms with Crippen molar-refractivity contribution in [1.29, 1.82) is 0 Å². The van der Waals surface area contributed by atoms with Crippen LogP contribution in [0, 0.1) is 0 Å². The van der Waals surface area contributed by atoms with Crippen molar-refractivity contribution in [3.05, 3.63) is 0 Å². The van der Waals surface area contributed by atoms with Crippen molar-refractivity contribution < 1.29 is 18.3 Å². The molecule has 0 aromatic heterocycles. The molecule has 0 aliphatic rings. The zero-order chi connectivity index (χ0) is 9.28. The first-order valence-electron chi connectivity index (χ1n) is 2.79. The first kappa shape index (κ1) is 10.8. The normalized spacial score (nSPS) is 13.0. The molecule has 0 aliphatic heterocycles. The van der Waals surface area contributed by atoms with E-state index < -0.39 is 19.6 Å². The Kier molecular flexibility index (Phi) is 2.96. The van der Waals surface area contributed by atoms with E-state index in [0.717, 1.165) is 0 Å². The molecule has 0 amide bonds. The Labute approximate surface area is 69.3 Å². The van der Waals surface area contributed by atoms with Crippen molar-refractivity contribution in [2.75, 3.05) is 6.26 Å². The number of carboxylic acid groups (broad SMARTS) is 1. The SMILES string of the molecule is CSS(=O)(=O)C(C)(C)C(=O)O. The third-order valence-electron chi connectivity index (χ3n) is 1.36. The smallest absolute Gasteiger partial charge is 0.325 e. The fourth-order valence-corrected chi connectivity index (χ4v) is 2.41. The molecule has 1 N–H and O–H groups in total. The highest BCUT2D eigenvalue weighted by atomic mass is 33.1. The Morgan fingerprint density at radius 1 is 1.45 bits per heavy atom. The number of hydrogen-bond donors (Lipinski definition) is 1. The van der Waals surface area contributed by atoms with E-state index in [2.05, 4.69) is 0 Å². The van der Waals surface area contributed by atoms with Crippen LogP contribution >= 0.6 is 10.8 Å². The van der Waals surface area contributed by atoms with Crippen LogP contribution in [0.1, 0.15) is 13.8 Å². The van der Waals surface area contributed by atoms with Crippen LogP contribution in [-0.4, -0.2) is 30.5 Å². The molecule has 0 spiro atoms. The molecule has 0 bridgehead atoms. The molecule has 11 heavy (non-hydrogen) atoms. The minimum Gasteiger partial charge on any atom is -0.480 e. The Hall–Kier alpha value is -0.230. The molecule has 66 valence electrons. The van der Waals surface area contributed by atoms with Gasteiger partial charge in [-0.2, -0.15) is 0 Å². The molecule has 0 aromatic rings. The zero-order valence-electron chi connectivity index (χ0n) is 6.49. The highest BCUT2D eigenvalue weighted by Crippen LogP contribution is 2.25. The molecule has 6 heteroatoms. The molecule has 0 fully saturated rings. The molecule has 0 unspecified atom stereocenters. The Balaban J connectivity index is 5.01. The van der Waals surface area contributed by atoms with Crippen LogP contribution in [0.25, 0.3) is 0 Å². The minimum absolute atomic E-state index is 0.554. The van der Waals surface area contributed by atoms with Gasteiger partial charge in [0.1, 0.15) is 0 Å². The van der Waals surface area contributed by atoms with Crippen LogP contribution in [0.5, 0.6) is 0 Å². The Morgan fingerprint density at radius 3 is 1.91 bits per heavy atom. The monoisotopic (exact) mass is 198 g/mol. The lowest BCUT2D eigenvalue weighted by Gasteiger charge is -2.16. The maximum absolute atomic E-state index is 11.0. The van der Waals surface area contributed by atoms with Crippen LogP contribution in [0.15, 0.2) is 0 Å². The second-order valence-corrected chi connectivity index (χ2v) is 7.01. The van der Waals surface area contributed by atoms with E-state index in [1.807, 2.05) is 0 Å². The maximum Gasteiger partial charge on any atom is 0.325 e. The standard InChI is InChI=1S/C5H10O4S2/c1-5(2,4(6)7)11(8,9)10-3/h1-3H3,(H,6,7). The van der Waals surface area contributed by atoms with Gasteiger partial charge < -0.3 is 5.11 Å². The van der Waals surface area contributed by atoms with Gasteiger partial charge in [-0.05, 0) is 30.9 Å². The van der Waals surface area contributed by atoms with Crippen molar-refractivity contribution in [1.82, 2.24) is 0 Å². The molecule has 0 atom stereocenters. The summed E-state index contributed by atoms with van der Waals surface area (Å²) >= 11 is 0. The van der Waals surface area contributed by atoms with Gasteiger partial charge >= 0.3 is 5.97 Å². The maximum atomic E-state index is 11.0. The van der Waals surface area contributed by atoms with Gasteiger partial charge in [-0.1, -0.05) is 0 Å². The van der Waals surface area contributed by atoms with Gasteiger partial charge in [0.2, 0.25) is 8.87 Å². The number of rotatable bonds is 3. The molecule has 4 nitrogen and oxygen atoms in total. The van der Waals surface area contributed by atoms with Gasteiger partial charge in [0.05, 0.1) is 0 Å². The van der Waals surface area contributed by atoms with Crippen LogP contribution in [-0.2, 0) is 13.7 Å². The first-order valence-corrected chi connectivity index (χ1v) is 6.01. The first-order chi connectivity index (χ1) is 4.75. The van der Waals surface area contributed by atoms with E-state index in [0.29, 0.717) is 10.8 Å². The zero-order valence-corrected chi connectivity index (χ0v) is 8.12. The topological polar surface area (TPSA) is 71.4 Å². The summed E-state index contributed by atoms with van der Waals surface area (Å²) in [5.74, 6) is -1.33. The lowest BCUT2D eigenvalue weighted by atomic mass is 10.2. The van der Waals surface area contributed by atoms with E-state index in [1.165, 1.54) is 20.1 Å². The molecular formula is C5H10O4S2. The highest BCUT2D eigenvalue weighted by molar-refractivity contribution is 8.72. The summed E-state index contributed by atoms with van der Waals surface area (Å²) in [6.07, 6.45) is 1.35. The number of aliphatic carboxylic acids is 1. The third-order valence-corrected chi connectivity index (χ3v) is 5.79. The predicted octanol–water partition coefficient (Wildman–Crippen LogP) is 0.542. The van der Waals surface area contributed by atoms with Crippen molar-refractivity contribution in [3.8, 4) is 0 Å². The van der Waals surface area contributed by atoms with Crippen LogP contribution < -0.4 is 0 Å². The largest absolute Gasteiger partial charge is 0.480 e. The van der Waals surface area contributed by atoms with Crippen LogP contribution in [0.4, 0.5) is 0 Å². The molecule has 0 rings (SSSR count). The van der Waals surface area contributed by atoms with Crippen molar-refractivity contribution >= 4 is 25.6 Å². The summed E-state index contributed by atoms with van der Waals surface area (Å²) in [4.78, 5) is 10.4. The van der Waals surface area contributed by atoms with E-state index in [4.69, 9.17) is 5.11 Å². The van der Waals surface area contributed by atoms with Crippen LogP contribution in [0.2, 0.25) is 0 Å². The molecular weight excluding hydrogens is 188 g/mol. The number of carbonyl (C=O) groups is 1. The van der Waals surface area contributed by atoms with Gasteiger partial charge in [-0.3, -0.25) is 4.79 Å². The fraction of sp³-hybridized carbons (Fsp3) is 0.800. The minimum atomic E-state index is -3.58. The lowest BCUT2D eigenvalue weighted by Crippen LogP contribution is -2.38. The molecule has 0 aliphatic carbocycles. The molecule has 0 heterocycles. The molecule has 0 saturated carbocycles. The van der Waals surface area contributed by atoms with E-state index in [9.17, 15) is 13.2 Å². The number of carboxylic acids is 1. The van der Waals surface area contributed by atoms with Gasteiger partial charge in [0, 0.05) is 0 Å². The second kappa shape index (κ2) is 3.02. The van der Waals surface area contributed by atoms with Crippen LogP contribution in [0.3, 0.4) is 0 Å². The van der Waals surface area contributed by atoms with Crippen molar-refractivity contribution in [2.24, 2.45) is 0 Å². The van der Waals surface area contributed by atoms with Gasteiger partial charge in [-0.15, -0.1) is 0 Å².